The lowest BCUT2D eigenvalue weighted by Crippen LogP contribution is -2.50. The smallest absolute Gasteiger partial charge is 0.365 e. The highest BCUT2D eigenvalue weighted by atomic mass is 16.6. The zero-order chi connectivity index (χ0) is 18.2. The van der Waals surface area contributed by atoms with E-state index >= 15 is 0 Å². The number of hydrogen-bond donors (Lipinski definition) is 1. The van der Waals surface area contributed by atoms with Gasteiger partial charge in [-0.25, -0.2) is 9.79 Å². The van der Waals surface area contributed by atoms with E-state index < -0.39 is 5.97 Å². The summed E-state index contributed by atoms with van der Waals surface area (Å²) in [6.45, 7) is 5.06. The van der Waals surface area contributed by atoms with Crippen molar-refractivity contribution in [3.05, 3.63) is 48.0 Å². The lowest BCUT2D eigenvalue weighted by molar-refractivity contribution is -0.130. The lowest BCUT2D eigenvalue weighted by atomic mass is 10.1. The molecule has 27 heavy (non-hydrogen) atoms. The van der Waals surface area contributed by atoms with Gasteiger partial charge < -0.3 is 24.3 Å². The van der Waals surface area contributed by atoms with E-state index in [0.29, 0.717) is 16.8 Å². The van der Waals surface area contributed by atoms with E-state index in [0.717, 1.165) is 50.6 Å². The standard InChI is InChI=1S/C19H19N5O3/c25-18-15(12-23-7-9-24(10-8-23)19-20-5-6-21-19)22-17(27-18)14-3-1-2-13-4-11-26-16(13)14/h1-4,11-12H,5-10H2,(H,20,21). The van der Waals surface area contributed by atoms with Crippen LogP contribution >= 0.6 is 0 Å². The number of nitrogens with one attached hydrogen (secondary N) is 1. The number of hydrogen-bond acceptors (Lipinski definition) is 8. The van der Waals surface area contributed by atoms with Crippen molar-refractivity contribution in [2.75, 3.05) is 39.3 Å². The third-order valence-corrected chi connectivity index (χ3v) is 4.91. The van der Waals surface area contributed by atoms with Gasteiger partial charge in [0.15, 0.2) is 11.7 Å². The minimum absolute atomic E-state index is 0.287. The maximum atomic E-state index is 12.3. The minimum atomic E-state index is -0.433. The van der Waals surface area contributed by atoms with Crippen LogP contribution in [-0.2, 0) is 9.53 Å². The number of fused-ring (bicyclic) bond motifs is 1. The third-order valence-electron chi connectivity index (χ3n) is 4.91. The predicted molar refractivity (Wildman–Crippen MR) is 100 cm³/mol. The zero-order valence-corrected chi connectivity index (χ0v) is 14.7. The molecule has 0 amide bonds. The van der Waals surface area contributed by atoms with E-state index in [4.69, 9.17) is 9.15 Å². The molecule has 0 unspecified atom stereocenters. The second kappa shape index (κ2) is 6.46. The molecule has 2 aromatic rings. The normalized spacial score (nSPS) is 21.5. The first-order valence-corrected chi connectivity index (χ1v) is 9.04. The second-order valence-corrected chi connectivity index (χ2v) is 6.62. The largest absolute Gasteiger partial charge is 0.464 e. The highest BCUT2D eigenvalue weighted by Crippen LogP contribution is 2.25. The van der Waals surface area contributed by atoms with E-state index in [2.05, 4.69) is 25.1 Å². The Morgan fingerprint density at radius 1 is 1.15 bits per heavy atom. The van der Waals surface area contributed by atoms with E-state index in [1.165, 1.54) is 0 Å². The van der Waals surface area contributed by atoms with Gasteiger partial charge in [-0.15, -0.1) is 0 Å². The van der Waals surface area contributed by atoms with Crippen LogP contribution in [0, 0.1) is 0 Å². The van der Waals surface area contributed by atoms with Crippen LogP contribution in [0.1, 0.15) is 5.56 Å². The van der Waals surface area contributed by atoms with Crippen molar-refractivity contribution >= 4 is 28.8 Å². The van der Waals surface area contributed by atoms with Gasteiger partial charge in [0.05, 0.1) is 18.4 Å². The summed E-state index contributed by atoms with van der Waals surface area (Å²) in [4.78, 5) is 25.5. The van der Waals surface area contributed by atoms with Gasteiger partial charge in [-0.2, -0.15) is 0 Å². The molecule has 1 aromatic heterocycles. The van der Waals surface area contributed by atoms with Crippen LogP contribution in [0.15, 0.2) is 56.8 Å². The summed E-state index contributed by atoms with van der Waals surface area (Å²) >= 11 is 0. The van der Waals surface area contributed by atoms with Crippen molar-refractivity contribution < 1.29 is 13.9 Å². The van der Waals surface area contributed by atoms with Crippen molar-refractivity contribution in [2.24, 2.45) is 9.98 Å². The highest BCUT2D eigenvalue weighted by molar-refractivity contribution is 6.15. The van der Waals surface area contributed by atoms with Gasteiger partial charge >= 0.3 is 5.97 Å². The summed E-state index contributed by atoms with van der Waals surface area (Å²) in [5, 5.41) is 4.24. The van der Waals surface area contributed by atoms with Crippen molar-refractivity contribution in [1.82, 2.24) is 15.1 Å². The molecule has 0 bridgehead atoms. The van der Waals surface area contributed by atoms with Crippen molar-refractivity contribution in [3.63, 3.8) is 0 Å². The number of para-hydroxylation sites is 1. The number of rotatable bonds is 2. The number of carbonyl (C=O) groups is 1. The third kappa shape index (κ3) is 2.92. The first-order valence-electron chi connectivity index (χ1n) is 9.04. The number of guanidine groups is 1. The molecule has 1 N–H and O–H groups in total. The number of benzene rings is 1. The molecule has 0 spiro atoms. The Hall–Kier alpha value is -3.29. The first-order chi connectivity index (χ1) is 13.3. The monoisotopic (exact) mass is 365 g/mol. The Bertz CT molecular complexity index is 982. The molecule has 0 atom stereocenters. The van der Waals surface area contributed by atoms with Crippen molar-refractivity contribution in [1.29, 1.82) is 0 Å². The predicted octanol–water partition coefficient (Wildman–Crippen LogP) is 1.15. The number of nitrogens with zero attached hydrogens (tertiary/aromatic N) is 4. The number of carbonyl (C=O) groups excluding carboxylic acids is 1. The van der Waals surface area contributed by atoms with E-state index in [1.54, 1.807) is 12.5 Å². The topological polar surface area (TPSA) is 82.7 Å². The molecule has 0 radical (unpaired) electrons. The first kappa shape index (κ1) is 15.9. The molecule has 1 aromatic carbocycles. The Balaban J connectivity index is 1.33. The summed E-state index contributed by atoms with van der Waals surface area (Å²) < 4.78 is 10.9. The minimum Gasteiger partial charge on any atom is -0.464 e. The Morgan fingerprint density at radius 3 is 2.85 bits per heavy atom. The van der Waals surface area contributed by atoms with Crippen molar-refractivity contribution in [3.8, 4) is 0 Å². The lowest BCUT2D eigenvalue weighted by Gasteiger charge is -2.35. The van der Waals surface area contributed by atoms with Crippen LogP contribution in [0.25, 0.3) is 11.0 Å². The van der Waals surface area contributed by atoms with Crippen LogP contribution in [0.4, 0.5) is 0 Å². The molecule has 8 heteroatoms. The maximum absolute atomic E-state index is 12.3. The van der Waals surface area contributed by atoms with Crippen LogP contribution in [0.2, 0.25) is 0 Å². The highest BCUT2D eigenvalue weighted by Gasteiger charge is 2.28. The SMILES string of the molecule is O=C1OC(c2cccc3ccoc23)=NC1=CN1CCN(C2=NCCN2)CC1. The van der Waals surface area contributed by atoms with Gasteiger partial charge in [0.1, 0.15) is 5.58 Å². The summed E-state index contributed by atoms with van der Waals surface area (Å²) in [5.74, 6) is 0.835. The Labute approximate surface area is 155 Å². The number of furan rings is 1. The van der Waals surface area contributed by atoms with E-state index in [-0.39, 0.29) is 5.90 Å². The van der Waals surface area contributed by atoms with Gasteiger partial charge in [-0.1, -0.05) is 12.1 Å². The number of cyclic esters (lactones) is 1. The number of piperazine rings is 1. The summed E-state index contributed by atoms with van der Waals surface area (Å²) in [7, 11) is 0. The molecule has 8 nitrogen and oxygen atoms in total. The molecule has 0 saturated carbocycles. The van der Waals surface area contributed by atoms with Crippen LogP contribution in [0.5, 0.6) is 0 Å². The fourth-order valence-electron chi connectivity index (χ4n) is 3.51. The van der Waals surface area contributed by atoms with Gasteiger partial charge in [-0.3, -0.25) is 4.99 Å². The fourth-order valence-corrected chi connectivity index (χ4v) is 3.51. The number of aliphatic imine (C=N–C) groups is 2. The molecule has 138 valence electrons. The average Bonchev–Trinajstić information content (AvgIpc) is 3.43. The molecule has 1 fully saturated rings. The average molecular weight is 365 g/mol. The van der Waals surface area contributed by atoms with Crippen molar-refractivity contribution in [2.45, 2.75) is 0 Å². The summed E-state index contributed by atoms with van der Waals surface area (Å²) in [6.07, 6.45) is 3.41. The molecular weight excluding hydrogens is 346 g/mol. The molecule has 5 rings (SSSR count). The Kier molecular flexibility index (Phi) is 3.81. The molecule has 4 heterocycles. The van der Waals surface area contributed by atoms with Gasteiger partial charge in [0.2, 0.25) is 5.90 Å². The van der Waals surface area contributed by atoms with E-state index in [9.17, 15) is 4.79 Å². The van der Waals surface area contributed by atoms with Gasteiger partial charge in [0.25, 0.3) is 0 Å². The zero-order valence-electron chi connectivity index (χ0n) is 14.7. The summed E-state index contributed by atoms with van der Waals surface area (Å²) in [6, 6.07) is 7.55. The quantitative estimate of drug-likeness (QED) is 0.635. The van der Waals surface area contributed by atoms with Gasteiger partial charge in [-0.05, 0) is 12.1 Å². The maximum Gasteiger partial charge on any atom is 0.365 e. The molecule has 1 saturated heterocycles. The van der Waals surface area contributed by atoms with Crippen LogP contribution in [-0.4, -0.2) is 66.9 Å². The fraction of sp³-hybridized carbons (Fsp3) is 0.316. The Morgan fingerprint density at radius 2 is 2.04 bits per heavy atom. The molecule has 3 aliphatic rings. The van der Waals surface area contributed by atoms with Crippen LogP contribution in [0.3, 0.4) is 0 Å². The second-order valence-electron chi connectivity index (χ2n) is 6.62. The van der Waals surface area contributed by atoms with Crippen LogP contribution < -0.4 is 5.32 Å². The molecular formula is C19H19N5O3. The van der Waals surface area contributed by atoms with E-state index in [1.807, 2.05) is 24.3 Å². The number of ether oxygens (including phenoxy) is 1. The molecule has 0 aliphatic carbocycles. The van der Waals surface area contributed by atoms with Gasteiger partial charge in [0, 0.05) is 44.3 Å². The molecule has 3 aliphatic heterocycles. The summed E-state index contributed by atoms with van der Waals surface area (Å²) in [5.41, 5.74) is 1.67. The number of esters is 1.